The van der Waals surface area contributed by atoms with E-state index in [1.54, 1.807) is 0 Å². The molecule has 8 nitrogen and oxygen atoms in total. The summed E-state index contributed by atoms with van der Waals surface area (Å²) in [4.78, 5) is 36.3. The van der Waals surface area contributed by atoms with Crippen molar-refractivity contribution in [3.63, 3.8) is 0 Å². The molecule has 2 fully saturated rings. The van der Waals surface area contributed by atoms with Crippen LogP contribution >= 0.6 is 0 Å². The van der Waals surface area contributed by atoms with Crippen molar-refractivity contribution in [2.45, 2.75) is 129 Å². The van der Waals surface area contributed by atoms with Crippen LogP contribution in [-0.2, 0) is 16.1 Å². The van der Waals surface area contributed by atoms with Crippen molar-refractivity contribution in [3.8, 4) is 0 Å². The molecule has 42 heavy (non-hydrogen) atoms. The van der Waals surface area contributed by atoms with Gasteiger partial charge in [0, 0.05) is 48.6 Å². The highest BCUT2D eigenvalue weighted by Crippen LogP contribution is 2.36. The van der Waals surface area contributed by atoms with Gasteiger partial charge >= 0.3 is 5.97 Å². The Bertz CT molecular complexity index is 1430. The maximum Gasteiger partial charge on any atom is 0.306 e. The molecule has 2 aliphatic carbocycles. The number of ether oxygens (including phenoxy) is 1. The van der Waals surface area contributed by atoms with Gasteiger partial charge in [0.2, 0.25) is 5.95 Å². The van der Waals surface area contributed by atoms with Gasteiger partial charge in [0.05, 0.1) is 0 Å². The molecule has 2 N–H and O–H groups in total. The average Bonchev–Trinajstić information content (AvgIpc) is 2.96. The zero-order chi connectivity index (χ0) is 29.7. The van der Waals surface area contributed by atoms with E-state index in [4.69, 9.17) is 9.72 Å². The van der Waals surface area contributed by atoms with Crippen LogP contribution in [0.1, 0.15) is 116 Å². The van der Waals surface area contributed by atoms with Gasteiger partial charge in [-0.3, -0.25) is 14.2 Å². The number of hydrogen-bond donors (Lipinski definition) is 2. The Kier molecular flexibility index (Phi) is 9.81. The fraction of sp³-hybridized carbons (Fsp3) is 0.647. The maximum absolute atomic E-state index is 14.3. The van der Waals surface area contributed by atoms with Crippen LogP contribution < -0.4 is 16.2 Å². The normalized spacial score (nSPS) is 20.2. The third-order valence-corrected chi connectivity index (χ3v) is 8.89. The van der Waals surface area contributed by atoms with Crippen molar-refractivity contribution < 1.29 is 9.53 Å². The largest absolute Gasteiger partial charge is 0.460 e. The van der Waals surface area contributed by atoms with E-state index in [9.17, 15) is 9.59 Å². The Hall–Kier alpha value is -3.00. The molecule has 1 aromatic carbocycles. The first-order chi connectivity index (χ1) is 20.2. The number of pyridine rings is 1. The van der Waals surface area contributed by atoms with Crippen molar-refractivity contribution in [1.29, 1.82) is 0 Å². The molecule has 0 unspecified atom stereocenters. The Labute approximate surface area is 250 Å². The molecule has 2 aromatic heterocycles. The van der Waals surface area contributed by atoms with Gasteiger partial charge in [0.25, 0.3) is 5.56 Å². The lowest BCUT2D eigenvalue weighted by Crippen LogP contribution is -2.31. The molecule has 2 saturated carbocycles. The number of hydrogen-bond acceptors (Lipinski definition) is 7. The van der Waals surface area contributed by atoms with Gasteiger partial charge in [-0.2, -0.15) is 4.98 Å². The summed E-state index contributed by atoms with van der Waals surface area (Å²) in [6.45, 7) is 9.44. The maximum atomic E-state index is 14.3. The Morgan fingerprint density at radius 1 is 1.02 bits per heavy atom. The van der Waals surface area contributed by atoms with Crippen LogP contribution in [0.5, 0.6) is 0 Å². The number of unbranched alkanes of at least 4 members (excludes halogenated alkanes) is 1. The molecule has 5 rings (SSSR count). The van der Waals surface area contributed by atoms with Gasteiger partial charge in [0.1, 0.15) is 11.2 Å². The van der Waals surface area contributed by atoms with E-state index in [0.29, 0.717) is 24.1 Å². The smallest absolute Gasteiger partial charge is 0.306 e. The molecule has 0 saturated heterocycles. The molecule has 2 heterocycles. The van der Waals surface area contributed by atoms with E-state index in [0.717, 1.165) is 73.3 Å². The molecule has 0 atom stereocenters. The van der Waals surface area contributed by atoms with E-state index >= 15 is 0 Å². The van der Waals surface area contributed by atoms with E-state index in [1.807, 2.05) is 31.5 Å². The molecule has 3 aromatic rings. The molecular formula is C34H49N5O3. The van der Waals surface area contributed by atoms with E-state index < -0.39 is 5.60 Å². The SMILES string of the molecule is CCCCNc1ncc2c3ccc(CNC4CCCCC4)cc3c(=O)n(C3CCC(CC(=O)OC(C)(C)C)CC3)c2n1. The van der Waals surface area contributed by atoms with Crippen molar-refractivity contribution in [3.05, 3.63) is 40.3 Å². The Morgan fingerprint density at radius 3 is 2.50 bits per heavy atom. The number of fused-ring (bicyclic) bond motifs is 3. The summed E-state index contributed by atoms with van der Waals surface area (Å²) >= 11 is 0. The number of nitrogens with zero attached hydrogens (tertiary/aromatic N) is 3. The van der Waals surface area contributed by atoms with E-state index in [2.05, 4.69) is 40.7 Å². The highest BCUT2D eigenvalue weighted by molar-refractivity contribution is 6.04. The van der Waals surface area contributed by atoms with Crippen LogP contribution in [0.4, 0.5) is 5.95 Å². The summed E-state index contributed by atoms with van der Waals surface area (Å²) in [5.74, 6) is 0.705. The molecule has 2 aliphatic rings. The second-order valence-corrected chi connectivity index (χ2v) is 13.4. The highest BCUT2D eigenvalue weighted by atomic mass is 16.6. The third kappa shape index (κ3) is 7.49. The highest BCUT2D eigenvalue weighted by Gasteiger charge is 2.29. The van der Waals surface area contributed by atoms with Crippen molar-refractivity contribution in [2.24, 2.45) is 5.92 Å². The fourth-order valence-electron chi connectivity index (χ4n) is 6.68. The minimum absolute atomic E-state index is 0.0193. The number of benzene rings is 1. The minimum atomic E-state index is -0.473. The van der Waals surface area contributed by atoms with E-state index in [1.165, 1.54) is 32.1 Å². The van der Waals surface area contributed by atoms with Gasteiger partial charge < -0.3 is 15.4 Å². The van der Waals surface area contributed by atoms with Crippen LogP contribution in [-0.4, -0.2) is 38.7 Å². The molecule has 0 amide bonds. The Balaban J connectivity index is 1.44. The summed E-state index contributed by atoms with van der Waals surface area (Å²) in [5, 5.41) is 9.62. The van der Waals surface area contributed by atoms with Gasteiger partial charge in [-0.05, 0) is 88.7 Å². The summed E-state index contributed by atoms with van der Waals surface area (Å²) in [7, 11) is 0. The quantitative estimate of drug-likeness (QED) is 0.152. The molecule has 0 spiro atoms. The van der Waals surface area contributed by atoms with Crippen molar-refractivity contribution >= 4 is 33.7 Å². The number of rotatable bonds is 10. The predicted octanol–water partition coefficient (Wildman–Crippen LogP) is 7.04. The van der Waals surface area contributed by atoms with Gasteiger partial charge in [0.15, 0.2) is 0 Å². The lowest BCUT2D eigenvalue weighted by atomic mass is 9.83. The van der Waals surface area contributed by atoms with Crippen molar-refractivity contribution in [2.75, 3.05) is 11.9 Å². The van der Waals surface area contributed by atoms with Crippen LogP contribution in [0.15, 0.2) is 29.2 Å². The average molecular weight is 576 g/mol. The van der Waals surface area contributed by atoms with E-state index in [-0.39, 0.29) is 23.5 Å². The standard InChI is InChI=1S/C34H49N5O3/c1-5-6-18-35-33-37-22-29-27-17-14-24(21-36-25-10-8-7-9-11-25)19-28(27)32(41)39(31(29)38-33)26-15-12-23(13-16-26)20-30(40)42-34(2,3)4/h14,17,19,22-23,25-26,36H,5-13,15-16,18,20-21H2,1-4H3,(H,35,37,38). The molecule has 0 bridgehead atoms. The molecule has 0 radical (unpaired) electrons. The number of nitrogens with one attached hydrogen (secondary N) is 2. The number of anilines is 1. The summed E-state index contributed by atoms with van der Waals surface area (Å²) in [6, 6.07) is 6.88. The fourth-order valence-corrected chi connectivity index (χ4v) is 6.68. The van der Waals surface area contributed by atoms with Crippen molar-refractivity contribution in [1.82, 2.24) is 19.9 Å². The van der Waals surface area contributed by atoms with Crippen LogP contribution in [0.25, 0.3) is 21.8 Å². The zero-order valence-electron chi connectivity index (χ0n) is 26.0. The number of aromatic nitrogens is 3. The topological polar surface area (TPSA) is 98.1 Å². The molecule has 0 aliphatic heterocycles. The first-order valence-corrected chi connectivity index (χ1v) is 16.2. The number of carbonyl (C=O) groups is 1. The monoisotopic (exact) mass is 575 g/mol. The van der Waals surface area contributed by atoms with Crippen LogP contribution in [0.2, 0.25) is 0 Å². The Morgan fingerprint density at radius 2 is 1.79 bits per heavy atom. The first kappa shape index (κ1) is 30.5. The zero-order valence-corrected chi connectivity index (χ0v) is 26.0. The first-order valence-electron chi connectivity index (χ1n) is 16.2. The predicted molar refractivity (Wildman–Crippen MR) is 170 cm³/mol. The number of esters is 1. The van der Waals surface area contributed by atoms with Gasteiger partial charge in [-0.1, -0.05) is 44.7 Å². The van der Waals surface area contributed by atoms with Crippen LogP contribution in [0, 0.1) is 5.92 Å². The third-order valence-electron chi connectivity index (χ3n) is 8.89. The number of carbonyl (C=O) groups excluding carboxylic acids is 1. The molecule has 8 heteroatoms. The van der Waals surface area contributed by atoms with Gasteiger partial charge in [-0.15, -0.1) is 0 Å². The van der Waals surface area contributed by atoms with Crippen LogP contribution in [0.3, 0.4) is 0 Å². The lowest BCUT2D eigenvalue weighted by molar-refractivity contribution is -0.156. The summed E-state index contributed by atoms with van der Waals surface area (Å²) < 4.78 is 7.51. The lowest BCUT2D eigenvalue weighted by Gasteiger charge is -2.31. The summed E-state index contributed by atoms with van der Waals surface area (Å²) in [5.41, 5.74) is 1.38. The molecule has 228 valence electrons. The summed E-state index contributed by atoms with van der Waals surface area (Å²) in [6.07, 6.45) is 14.2. The van der Waals surface area contributed by atoms with Gasteiger partial charge in [-0.25, -0.2) is 4.98 Å². The minimum Gasteiger partial charge on any atom is -0.460 e. The molecular weight excluding hydrogens is 526 g/mol. The second kappa shape index (κ2) is 13.5. The second-order valence-electron chi connectivity index (χ2n) is 13.4.